The van der Waals surface area contributed by atoms with E-state index in [-0.39, 0.29) is 97.1 Å². The summed E-state index contributed by atoms with van der Waals surface area (Å²) < 4.78 is 14.0. The number of fused-ring (bicyclic) bond motifs is 4. The average Bonchev–Trinajstić information content (AvgIpc) is 0.784. The van der Waals surface area contributed by atoms with Gasteiger partial charge in [-0.25, -0.2) is 4.39 Å². The second kappa shape index (κ2) is 53.6. The number of benzene rings is 12. The van der Waals surface area contributed by atoms with Crippen LogP contribution in [0.15, 0.2) is 371 Å². The number of hydrogen-bond acceptors (Lipinski definition) is 8. The molecule has 20 aromatic rings. The Morgan fingerprint density at radius 2 is 0.476 bits per heavy atom. The first-order chi connectivity index (χ1) is 67.3. The molecule has 0 saturated carbocycles. The summed E-state index contributed by atoms with van der Waals surface area (Å²) in [5.74, 6) is -0.147. The van der Waals surface area contributed by atoms with Crippen molar-refractivity contribution in [2.45, 2.75) is 159 Å². The summed E-state index contributed by atoms with van der Waals surface area (Å²) in [4.78, 5) is 36.7. The Balaban J connectivity index is 0.000000184. The molecular formula is C128H127FIr4N8Si4-8. The van der Waals surface area contributed by atoms with Gasteiger partial charge in [-0.05, 0) is 146 Å². The number of rotatable bonds is 12. The van der Waals surface area contributed by atoms with Gasteiger partial charge in [0.25, 0.3) is 0 Å². The van der Waals surface area contributed by atoms with Crippen LogP contribution in [0.1, 0.15) is 74.9 Å². The monoisotopic (exact) mass is 2680 g/mol. The molecule has 8 nitrogen and oxygen atoms in total. The summed E-state index contributed by atoms with van der Waals surface area (Å²) in [7, 11) is -5.73. The number of nitrogens with zero attached hydrogens (tertiary/aromatic N) is 8. The molecule has 145 heavy (non-hydrogen) atoms. The molecule has 8 aromatic heterocycles. The topological polar surface area (TPSA) is 103 Å². The third-order valence-corrected chi connectivity index (χ3v) is 31.8. The summed E-state index contributed by atoms with van der Waals surface area (Å²) in [5, 5.41) is 11.0. The fraction of sp³-hybridized carbons (Fsp3) is 0.188. The number of para-hydroxylation sites is 3. The van der Waals surface area contributed by atoms with E-state index in [1.807, 2.05) is 225 Å². The van der Waals surface area contributed by atoms with Crippen molar-refractivity contribution in [1.82, 2.24) is 39.9 Å². The van der Waals surface area contributed by atoms with Gasteiger partial charge in [0.2, 0.25) is 0 Å². The maximum absolute atomic E-state index is 14.0. The molecule has 0 unspecified atom stereocenters. The summed E-state index contributed by atoms with van der Waals surface area (Å²) in [6.45, 7) is 50.0. The molecule has 0 aliphatic rings. The first-order valence-corrected chi connectivity index (χ1v) is 62.2. The van der Waals surface area contributed by atoms with Crippen LogP contribution in [0.5, 0.6) is 0 Å². The normalized spacial score (nSPS) is 11.1. The Labute approximate surface area is 919 Å². The molecule has 0 spiro atoms. The summed E-state index contributed by atoms with van der Waals surface area (Å²) in [6, 6.07) is 139. The molecule has 0 atom stereocenters. The zero-order valence-corrected chi connectivity index (χ0v) is 101. The smallest absolute Gasteiger partial charge is 0.116 e. The van der Waals surface area contributed by atoms with Gasteiger partial charge in [-0.3, -0.25) is 15.0 Å². The predicted octanol–water partition coefficient (Wildman–Crippen LogP) is 31.1. The van der Waals surface area contributed by atoms with Crippen molar-refractivity contribution < 1.29 is 84.8 Å². The van der Waals surface area contributed by atoms with E-state index in [0.717, 1.165) is 106 Å². The van der Waals surface area contributed by atoms with Crippen LogP contribution in [-0.4, -0.2) is 72.2 Å². The Bertz CT molecular complexity index is 6980. The van der Waals surface area contributed by atoms with Crippen molar-refractivity contribution >= 4 is 96.5 Å². The van der Waals surface area contributed by atoms with Crippen LogP contribution >= 0.6 is 0 Å². The maximum atomic E-state index is 14.0. The number of aryl methyl sites for hydroxylation is 4. The Morgan fingerprint density at radius 3 is 0.766 bits per heavy atom. The van der Waals surface area contributed by atoms with E-state index in [9.17, 15) is 4.39 Å². The van der Waals surface area contributed by atoms with E-state index in [2.05, 4.69) is 354 Å². The van der Waals surface area contributed by atoms with Gasteiger partial charge >= 0.3 is 0 Å². The van der Waals surface area contributed by atoms with E-state index in [0.29, 0.717) is 5.69 Å². The molecule has 0 fully saturated rings. The third kappa shape index (κ3) is 33.7. The van der Waals surface area contributed by atoms with Crippen LogP contribution in [0.4, 0.5) is 4.39 Å². The molecule has 746 valence electrons. The molecule has 0 amide bonds. The SMILES string of the molecule is C[Si](C)(C)c1cnc(-c2[c-]cccc2)cc1F.Cc1cc[c-]c(-c2cc(C(C)(C)C)c([Si](C)(C)C)cn2)c1.Cc1cc[c-]c(-c2cc(C(C)(C)C)c([Si](C)(C)C)cn2)c1.Cc1cc[c-]c(-c2cc(C)c([Si](C)(C)C)cn2)c1.[Ir].[Ir].[Ir].[Ir].[c-]1ccccc1-c1cc2ccccc2cn1.[c-]1ccccc1-c1ccc2ccccc2n1.[c-]1ccccc1-c1ccc2ccccc2n1.[c-]1ccccc1-c1ccc2ccccc2n1. The molecule has 20 rings (SSSR count). The van der Waals surface area contributed by atoms with Crippen molar-refractivity contribution in [3.8, 4) is 90.1 Å². The Morgan fingerprint density at radius 1 is 0.221 bits per heavy atom. The van der Waals surface area contributed by atoms with Gasteiger partial charge in [0.05, 0.1) is 48.8 Å². The van der Waals surface area contributed by atoms with Crippen LogP contribution < -0.4 is 20.7 Å². The quantitative estimate of drug-likeness (QED) is 0.0880. The van der Waals surface area contributed by atoms with E-state index >= 15 is 0 Å². The second-order valence-electron chi connectivity index (χ2n) is 41.5. The molecule has 17 heteroatoms. The minimum absolute atomic E-state index is 0. The van der Waals surface area contributed by atoms with Gasteiger partial charge in [0.15, 0.2) is 0 Å². The van der Waals surface area contributed by atoms with E-state index in [4.69, 9.17) is 9.97 Å². The molecule has 0 N–H and O–H groups in total. The Hall–Kier alpha value is -11.7. The number of aromatic nitrogens is 8. The van der Waals surface area contributed by atoms with Gasteiger partial charge in [0.1, 0.15) is 5.82 Å². The van der Waals surface area contributed by atoms with E-state index < -0.39 is 32.3 Å². The fourth-order valence-corrected chi connectivity index (χ4v) is 22.4. The van der Waals surface area contributed by atoms with Crippen LogP contribution in [-0.2, 0) is 91.3 Å². The molecule has 0 aliphatic heterocycles. The standard InChI is InChI=1S/2C19H26NSi.C16H20NSi.4C15H10N.C14H15FNSi.4Ir/c2*1-14-9-8-10-15(11-14)17-12-16(19(2,3)4)18(13-20-17)21(5,6)7;1-12-7-6-8-14(9-12)15-10-13(2)16(11-17-15)18(3,4)5;1-2-6-12(7-3-1)15-10-13-8-4-5-9-14(13)11-16-15;3*1-2-6-12(7-3-1)15-11-10-13-8-4-5-9-14(13)16-15;1-17(2,3)14-10-16-13(9-12(14)15)11-7-5-4-6-8-11;;;;/h2*8-9,11-13H,1-7H3;6-7,9-11H,1-5H3;4*1-6,8-11H;4-7,9-10H,1-3H3;;;;/q8*-1;;;;. The molecule has 8 heterocycles. The minimum atomic E-state index is -1.65. The van der Waals surface area contributed by atoms with Gasteiger partial charge in [-0.2, -0.15) is 0 Å². The second-order valence-corrected chi connectivity index (χ2v) is 61.6. The molecule has 0 saturated heterocycles. The zero-order valence-electron chi connectivity index (χ0n) is 87.0. The van der Waals surface area contributed by atoms with Crippen LogP contribution in [0.3, 0.4) is 0 Å². The molecule has 4 radical (unpaired) electrons. The largest absolute Gasteiger partial charge is 0.305 e. The zero-order chi connectivity index (χ0) is 101. The summed E-state index contributed by atoms with van der Waals surface area (Å²) >= 11 is 0. The minimum Gasteiger partial charge on any atom is -0.305 e. The first-order valence-electron chi connectivity index (χ1n) is 48.2. The first kappa shape index (κ1) is 117. The van der Waals surface area contributed by atoms with Crippen molar-refractivity contribution in [3.63, 3.8) is 0 Å². The van der Waals surface area contributed by atoms with Crippen LogP contribution in [0, 0.1) is 82.0 Å². The van der Waals surface area contributed by atoms with Gasteiger partial charge in [-0.15, -0.1) is 286 Å². The molecule has 0 bridgehead atoms. The van der Waals surface area contributed by atoms with Crippen molar-refractivity contribution in [2.75, 3.05) is 0 Å². The van der Waals surface area contributed by atoms with Crippen LogP contribution in [0.2, 0.25) is 78.6 Å². The predicted molar refractivity (Wildman–Crippen MR) is 606 cm³/mol. The summed E-state index contributed by atoms with van der Waals surface area (Å²) in [6.07, 6.45) is 9.87. The molecule has 0 aliphatic carbocycles. The van der Waals surface area contributed by atoms with E-state index in [1.54, 1.807) is 12.3 Å². The fourth-order valence-electron chi connectivity index (χ4n) is 16.1. The van der Waals surface area contributed by atoms with Gasteiger partial charge in [0, 0.05) is 111 Å². The number of halogens is 1. The van der Waals surface area contributed by atoms with Crippen molar-refractivity contribution in [3.05, 3.63) is 458 Å². The third-order valence-electron chi connectivity index (χ3n) is 23.7. The van der Waals surface area contributed by atoms with Gasteiger partial charge < -0.3 is 24.9 Å². The van der Waals surface area contributed by atoms with Crippen molar-refractivity contribution in [2.24, 2.45) is 0 Å². The summed E-state index contributed by atoms with van der Waals surface area (Å²) in [5.41, 5.74) is 27.2. The maximum Gasteiger partial charge on any atom is 0.116 e. The molecule has 12 aromatic carbocycles. The van der Waals surface area contributed by atoms with E-state index in [1.165, 1.54) is 81.9 Å². The van der Waals surface area contributed by atoms with Crippen molar-refractivity contribution in [1.29, 1.82) is 0 Å². The number of pyridine rings is 8. The average molecular weight is 2680 g/mol. The van der Waals surface area contributed by atoms with Crippen LogP contribution in [0.25, 0.3) is 134 Å². The molecular weight excluding hydrogens is 2550 g/mol. The number of hydrogen-bond donors (Lipinski definition) is 0. The Kier molecular flexibility index (Phi) is 43.2. The van der Waals surface area contributed by atoms with Gasteiger partial charge in [-0.1, -0.05) is 286 Å².